The average Bonchev–Trinajstić information content (AvgIpc) is 2.41. The molecule has 2 aromatic carbocycles. The largest absolute Gasteiger partial charge is 0.340 e. The molecule has 0 unspecified atom stereocenters. The number of benzene rings is 2. The van der Waals surface area contributed by atoms with E-state index in [9.17, 15) is 0 Å². The lowest BCUT2D eigenvalue weighted by atomic mass is 10.1. The Kier molecular flexibility index (Phi) is 4.89. The fourth-order valence-electron chi connectivity index (χ4n) is 2.24. The lowest BCUT2D eigenvalue weighted by Crippen LogP contribution is -2.18. The van der Waals surface area contributed by atoms with Crippen LogP contribution in [0, 0.1) is 6.92 Å². The third-order valence-corrected chi connectivity index (χ3v) is 4.02. The maximum absolute atomic E-state index is 6.41. The number of rotatable bonds is 4. The molecule has 0 heterocycles. The van der Waals surface area contributed by atoms with Gasteiger partial charge < -0.3 is 4.90 Å². The zero-order valence-electron chi connectivity index (χ0n) is 11.2. The highest BCUT2D eigenvalue weighted by molar-refractivity contribution is 9.08. The van der Waals surface area contributed by atoms with Crippen LogP contribution in [-0.4, -0.2) is 6.54 Å². The summed E-state index contributed by atoms with van der Waals surface area (Å²) in [5.41, 5.74) is 4.73. The zero-order valence-corrected chi connectivity index (χ0v) is 13.5. The van der Waals surface area contributed by atoms with Gasteiger partial charge in [-0.3, -0.25) is 0 Å². The number of anilines is 2. The summed E-state index contributed by atoms with van der Waals surface area (Å²) in [6.45, 7) is 5.13. The molecule has 100 valence electrons. The van der Waals surface area contributed by atoms with Crippen LogP contribution in [0.1, 0.15) is 18.1 Å². The molecule has 19 heavy (non-hydrogen) atoms. The minimum atomic E-state index is 0.792. The van der Waals surface area contributed by atoms with Gasteiger partial charge in [-0.25, -0.2) is 0 Å². The second kappa shape index (κ2) is 6.44. The smallest absolute Gasteiger partial charge is 0.0646 e. The van der Waals surface area contributed by atoms with Crippen LogP contribution in [0.3, 0.4) is 0 Å². The van der Waals surface area contributed by atoms with Crippen LogP contribution >= 0.6 is 27.5 Å². The van der Waals surface area contributed by atoms with Crippen molar-refractivity contribution in [3.05, 3.63) is 58.6 Å². The minimum absolute atomic E-state index is 0.792. The molecule has 0 spiro atoms. The SMILES string of the molecule is CCN(c1cccc(C)c1)c1c(Cl)cccc1CBr. The maximum atomic E-state index is 6.41. The van der Waals surface area contributed by atoms with Crippen LogP contribution in [-0.2, 0) is 5.33 Å². The van der Waals surface area contributed by atoms with Gasteiger partial charge in [0.15, 0.2) is 0 Å². The number of halogens is 2. The van der Waals surface area contributed by atoms with E-state index in [1.807, 2.05) is 12.1 Å². The fourth-order valence-corrected chi connectivity index (χ4v) is 2.98. The van der Waals surface area contributed by atoms with Gasteiger partial charge >= 0.3 is 0 Å². The lowest BCUT2D eigenvalue weighted by Gasteiger charge is -2.27. The third-order valence-electron chi connectivity index (χ3n) is 3.11. The molecule has 0 N–H and O–H groups in total. The molecule has 0 aliphatic carbocycles. The van der Waals surface area contributed by atoms with Gasteiger partial charge in [-0.15, -0.1) is 0 Å². The maximum Gasteiger partial charge on any atom is 0.0646 e. The lowest BCUT2D eigenvalue weighted by molar-refractivity contribution is 1.01. The number of aryl methyl sites for hydroxylation is 1. The van der Waals surface area contributed by atoms with Crippen LogP contribution in [0.5, 0.6) is 0 Å². The normalized spacial score (nSPS) is 10.5. The molecule has 0 aliphatic heterocycles. The number of para-hydroxylation sites is 1. The second-order valence-electron chi connectivity index (χ2n) is 4.46. The quantitative estimate of drug-likeness (QED) is 0.646. The first-order valence-electron chi connectivity index (χ1n) is 6.35. The predicted octanol–water partition coefficient (Wildman–Crippen LogP) is 5.70. The van der Waals surface area contributed by atoms with E-state index < -0.39 is 0 Å². The molecule has 0 bridgehead atoms. The Morgan fingerprint density at radius 1 is 1.16 bits per heavy atom. The van der Waals surface area contributed by atoms with Crippen LogP contribution in [0.4, 0.5) is 11.4 Å². The number of hydrogen-bond acceptors (Lipinski definition) is 1. The zero-order chi connectivity index (χ0) is 13.8. The molecule has 0 aliphatic rings. The molecular weight excluding hydrogens is 322 g/mol. The Morgan fingerprint density at radius 2 is 1.89 bits per heavy atom. The van der Waals surface area contributed by atoms with Gasteiger partial charge in [0.05, 0.1) is 10.7 Å². The Balaban J connectivity index is 2.54. The van der Waals surface area contributed by atoms with Gasteiger partial charge in [0, 0.05) is 17.6 Å². The van der Waals surface area contributed by atoms with Crippen LogP contribution in [0.2, 0.25) is 5.02 Å². The average molecular weight is 339 g/mol. The highest BCUT2D eigenvalue weighted by Gasteiger charge is 2.14. The molecule has 0 aromatic heterocycles. The Hall–Kier alpha value is -0.990. The van der Waals surface area contributed by atoms with E-state index in [-0.39, 0.29) is 0 Å². The summed E-state index contributed by atoms with van der Waals surface area (Å²) in [4.78, 5) is 2.26. The van der Waals surface area contributed by atoms with Crippen molar-refractivity contribution in [3.63, 3.8) is 0 Å². The summed E-state index contributed by atoms with van der Waals surface area (Å²) in [5, 5.41) is 1.59. The summed E-state index contributed by atoms with van der Waals surface area (Å²) < 4.78 is 0. The Labute approximate surface area is 128 Å². The monoisotopic (exact) mass is 337 g/mol. The number of alkyl halides is 1. The molecule has 0 saturated carbocycles. The summed E-state index contributed by atoms with van der Waals surface area (Å²) in [7, 11) is 0. The van der Waals surface area contributed by atoms with E-state index >= 15 is 0 Å². The van der Waals surface area contributed by atoms with Crippen molar-refractivity contribution in [1.29, 1.82) is 0 Å². The topological polar surface area (TPSA) is 3.24 Å². The highest BCUT2D eigenvalue weighted by atomic mass is 79.9. The van der Waals surface area contributed by atoms with Gasteiger partial charge in [-0.05, 0) is 43.2 Å². The Morgan fingerprint density at radius 3 is 2.53 bits per heavy atom. The fraction of sp³-hybridized carbons (Fsp3) is 0.250. The first-order valence-corrected chi connectivity index (χ1v) is 7.85. The van der Waals surface area contributed by atoms with Crippen LogP contribution < -0.4 is 4.90 Å². The van der Waals surface area contributed by atoms with E-state index in [2.05, 4.69) is 65.0 Å². The number of nitrogens with zero attached hydrogens (tertiary/aromatic N) is 1. The summed E-state index contributed by atoms with van der Waals surface area (Å²) in [6.07, 6.45) is 0. The highest BCUT2D eigenvalue weighted by Crippen LogP contribution is 2.36. The second-order valence-corrected chi connectivity index (χ2v) is 5.43. The molecule has 0 radical (unpaired) electrons. The first-order chi connectivity index (χ1) is 9.17. The molecule has 0 fully saturated rings. The van der Waals surface area contributed by atoms with Crippen LogP contribution in [0.25, 0.3) is 0 Å². The molecule has 0 atom stereocenters. The third kappa shape index (κ3) is 3.13. The standard InChI is InChI=1S/C16H17BrClN/c1-3-19(14-8-4-6-12(2)10-14)16-13(11-17)7-5-9-15(16)18/h4-10H,3,11H2,1-2H3. The summed E-state index contributed by atoms with van der Waals surface area (Å²) >= 11 is 9.95. The van der Waals surface area contributed by atoms with Crippen molar-refractivity contribution in [2.24, 2.45) is 0 Å². The van der Waals surface area contributed by atoms with E-state index in [1.54, 1.807) is 0 Å². The first kappa shape index (κ1) is 14.4. The summed E-state index contributed by atoms with van der Waals surface area (Å²) in [5.74, 6) is 0. The molecule has 2 aromatic rings. The van der Waals surface area contributed by atoms with E-state index in [4.69, 9.17) is 11.6 Å². The van der Waals surface area contributed by atoms with Gasteiger partial charge in [-0.2, -0.15) is 0 Å². The Bertz CT molecular complexity index is 568. The van der Waals surface area contributed by atoms with Gasteiger partial charge in [-0.1, -0.05) is 51.8 Å². The van der Waals surface area contributed by atoms with E-state index in [0.29, 0.717) is 0 Å². The molecule has 2 rings (SSSR count). The molecule has 3 heteroatoms. The number of hydrogen-bond donors (Lipinski definition) is 0. The molecule has 0 amide bonds. The van der Waals surface area contributed by atoms with E-state index in [0.717, 1.165) is 22.6 Å². The predicted molar refractivity (Wildman–Crippen MR) is 87.9 cm³/mol. The van der Waals surface area contributed by atoms with Crippen molar-refractivity contribution in [2.75, 3.05) is 11.4 Å². The van der Waals surface area contributed by atoms with Crippen molar-refractivity contribution in [1.82, 2.24) is 0 Å². The minimum Gasteiger partial charge on any atom is -0.340 e. The summed E-state index contributed by atoms with van der Waals surface area (Å²) in [6, 6.07) is 14.5. The van der Waals surface area contributed by atoms with Crippen molar-refractivity contribution >= 4 is 38.9 Å². The molecule has 1 nitrogen and oxygen atoms in total. The van der Waals surface area contributed by atoms with E-state index in [1.165, 1.54) is 16.8 Å². The van der Waals surface area contributed by atoms with Crippen molar-refractivity contribution < 1.29 is 0 Å². The molecular formula is C16H17BrClN. The van der Waals surface area contributed by atoms with Crippen LogP contribution in [0.15, 0.2) is 42.5 Å². The van der Waals surface area contributed by atoms with Crippen molar-refractivity contribution in [3.8, 4) is 0 Å². The van der Waals surface area contributed by atoms with Gasteiger partial charge in [0.1, 0.15) is 0 Å². The van der Waals surface area contributed by atoms with Gasteiger partial charge in [0.2, 0.25) is 0 Å². The van der Waals surface area contributed by atoms with Crippen molar-refractivity contribution in [2.45, 2.75) is 19.2 Å². The van der Waals surface area contributed by atoms with Gasteiger partial charge in [0.25, 0.3) is 0 Å². The molecule has 0 saturated heterocycles.